The number of carbonyl (C=O) groups excluding carboxylic acids is 1. The quantitative estimate of drug-likeness (QED) is 0.248. The van der Waals surface area contributed by atoms with Crippen LogP contribution in [-0.2, 0) is 16.6 Å². The van der Waals surface area contributed by atoms with Gasteiger partial charge >= 0.3 is 0 Å². The fraction of sp³-hybridized carbons (Fsp3) is 0.0741. The van der Waals surface area contributed by atoms with E-state index in [1.165, 1.54) is 23.5 Å². The van der Waals surface area contributed by atoms with Gasteiger partial charge in [-0.3, -0.25) is 19.4 Å². The van der Waals surface area contributed by atoms with E-state index in [1.54, 1.807) is 85.1 Å². The second-order valence-corrected chi connectivity index (χ2v) is 11.2. The van der Waals surface area contributed by atoms with Crippen LogP contribution in [0.5, 0.6) is 5.75 Å². The zero-order valence-corrected chi connectivity index (χ0v) is 22.4. The third kappa shape index (κ3) is 5.33. The first kappa shape index (κ1) is 25.7. The van der Waals surface area contributed by atoms with Gasteiger partial charge in [0.2, 0.25) is 0 Å². The minimum absolute atomic E-state index is 0.146. The van der Waals surface area contributed by atoms with Crippen LogP contribution >= 0.6 is 22.9 Å². The monoisotopic (exact) mass is 564 g/mol. The topological polar surface area (TPSA) is 101 Å². The molecule has 3 aromatic carbocycles. The van der Waals surface area contributed by atoms with E-state index in [0.717, 1.165) is 5.56 Å². The highest BCUT2D eigenvalue weighted by Crippen LogP contribution is 2.39. The number of ether oxygens (including phenoxy) is 1. The highest BCUT2D eigenvalue weighted by Gasteiger charge is 2.24. The Morgan fingerprint density at radius 2 is 1.79 bits per heavy atom. The molecule has 11 heteroatoms. The zero-order valence-electron chi connectivity index (χ0n) is 20.0. The number of pyridine rings is 1. The summed E-state index contributed by atoms with van der Waals surface area (Å²) in [6, 6.07) is 21.4. The van der Waals surface area contributed by atoms with Crippen LogP contribution < -0.4 is 14.4 Å². The van der Waals surface area contributed by atoms with Crippen molar-refractivity contribution in [2.75, 3.05) is 16.7 Å². The Morgan fingerprint density at radius 1 is 1.03 bits per heavy atom. The molecule has 0 aliphatic carbocycles. The summed E-state index contributed by atoms with van der Waals surface area (Å²) in [5.41, 5.74) is 2.06. The number of methoxy groups -OCH3 is 1. The van der Waals surface area contributed by atoms with Gasteiger partial charge in [-0.2, -0.15) is 0 Å². The van der Waals surface area contributed by atoms with Crippen LogP contribution in [0.2, 0.25) is 5.02 Å². The lowest BCUT2D eigenvalue weighted by molar-refractivity contribution is 0.0985. The maximum absolute atomic E-state index is 13.8. The van der Waals surface area contributed by atoms with Crippen LogP contribution in [0.3, 0.4) is 0 Å². The predicted molar refractivity (Wildman–Crippen MR) is 150 cm³/mol. The van der Waals surface area contributed by atoms with E-state index in [0.29, 0.717) is 37.4 Å². The van der Waals surface area contributed by atoms with E-state index < -0.39 is 10.0 Å². The van der Waals surface area contributed by atoms with Crippen LogP contribution in [0.4, 0.5) is 10.8 Å². The number of fused-ring (bicyclic) bond motifs is 1. The van der Waals surface area contributed by atoms with E-state index in [2.05, 4.69) is 14.7 Å². The van der Waals surface area contributed by atoms with Crippen molar-refractivity contribution in [3.63, 3.8) is 0 Å². The van der Waals surface area contributed by atoms with Gasteiger partial charge in [0.25, 0.3) is 15.9 Å². The van der Waals surface area contributed by atoms with Crippen molar-refractivity contribution in [3.8, 4) is 5.75 Å². The van der Waals surface area contributed by atoms with Crippen LogP contribution in [0.15, 0.2) is 96.2 Å². The number of anilines is 2. The minimum Gasteiger partial charge on any atom is -0.494 e. The summed E-state index contributed by atoms with van der Waals surface area (Å²) in [7, 11) is -2.21. The van der Waals surface area contributed by atoms with Crippen LogP contribution in [0, 0.1) is 0 Å². The molecule has 0 radical (unpaired) electrons. The Balaban J connectivity index is 1.47. The number of amides is 1. The number of benzene rings is 3. The Hall–Kier alpha value is -3.99. The number of sulfonamides is 1. The van der Waals surface area contributed by atoms with Crippen LogP contribution in [0.1, 0.15) is 15.9 Å². The highest BCUT2D eigenvalue weighted by atomic mass is 35.5. The van der Waals surface area contributed by atoms with Crippen LogP contribution in [0.25, 0.3) is 10.2 Å². The highest BCUT2D eigenvalue weighted by molar-refractivity contribution is 7.92. The molecule has 0 aliphatic rings. The van der Waals surface area contributed by atoms with Gasteiger partial charge in [0.1, 0.15) is 11.3 Å². The standard InChI is InChI=1S/C27H21ClN4O4S2/c1-36-23-14-13-22(28)25-24(23)30-27(37-25)32(17-18-6-5-15-29-16-18)26(33)19-9-11-20(12-10-19)31-38(34,35)21-7-3-2-4-8-21/h2-16,31H,17H2,1H3. The van der Waals surface area contributed by atoms with Crippen molar-refractivity contribution in [2.24, 2.45) is 0 Å². The lowest BCUT2D eigenvalue weighted by atomic mass is 10.1. The largest absolute Gasteiger partial charge is 0.494 e. The SMILES string of the molecule is COc1ccc(Cl)c2sc(N(Cc3cccnc3)C(=O)c3ccc(NS(=O)(=O)c4ccccc4)cc3)nc12. The number of carbonyl (C=O) groups is 1. The Kier molecular flexibility index (Phi) is 7.28. The van der Waals surface area contributed by atoms with Gasteiger partial charge in [-0.15, -0.1) is 0 Å². The number of rotatable bonds is 8. The lowest BCUT2D eigenvalue weighted by Crippen LogP contribution is -2.30. The maximum atomic E-state index is 13.8. The molecule has 0 spiro atoms. The zero-order chi connectivity index (χ0) is 26.7. The molecule has 8 nitrogen and oxygen atoms in total. The van der Waals surface area contributed by atoms with Gasteiger partial charge in [-0.1, -0.05) is 47.2 Å². The fourth-order valence-corrected chi connectivity index (χ4v) is 6.11. The third-order valence-corrected chi connectivity index (χ3v) is 8.58. The number of thiazole rings is 1. The van der Waals surface area contributed by atoms with Gasteiger partial charge in [-0.05, 0) is 60.2 Å². The minimum atomic E-state index is -3.76. The molecule has 2 aromatic heterocycles. The number of halogens is 1. The molecule has 1 N–H and O–H groups in total. The Labute approximate surface area is 228 Å². The number of hydrogen-bond acceptors (Lipinski definition) is 7. The van der Waals surface area contributed by atoms with E-state index in [4.69, 9.17) is 16.3 Å². The smallest absolute Gasteiger partial charge is 0.261 e. The second-order valence-electron chi connectivity index (χ2n) is 8.17. The normalized spacial score (nSPS) is 11.3. The van der Waals surface area contributed by atoms with E-state index in [1.807, 2.05) is 6.07 Å². The molecule has 5 aromatic rings. The summed E-state index contributed by atoms with van der Waals surface area (Å²) in [6.45, 7) is 0.217. The summed E-state index contributed by atoms with van der Waals surface area (Å²) < 4.78 is 34.0. The molecule has 192 valence electrons. The molecule has 0 saturated heterocycles. The first-order chi connectivity index (χ1) is 18.4. The van der Waals surface area contributed by atoms with Crippen molar-refractivity contribution in [1.82, 2.24) is 9.97 Å². The molecule has 0 unspecified atom stereocenters. The molecule has 38 heavy (non-hydrogen) atoms. The lowest BCUT2D eigenvalue weighted by Gasteiger charge is -2.20. The van der Waals surface area contributed by atoms with E-state index in [-0.39, 0.29) is 17.3 Å². The summed E-state index contributed by atoms with van der Waals surface area (Å²) in [6.07, 6.45) is 3.34. The molecule has 5 rings (SSSR count). The van der Waals surface area contributed by atoms with Gasteiger partial charge < -0.3 is 4.74 Å². The average molecular weight is 565 g/mol. The van der Waals surface area contributed by atoms with Gasteiger partial charge in [0, 0.05) is 23.6 Å². The first-order valence-corrected chi connectivity index (χ1v) is 14.1. The van der Waals surface area contributed by atoms with Crippen molar-refractivity contribution in [3.05, 3.63) is 107 Å². The summed E-state index contributed by atoms with van der Waals surface area (Å²) in [5, 5.41) is 0.947. The summed E-state index contributed by atoms with van der Waals surface area (Å²) in [5.74, 6) is 0.233. The van der Waals surface area contributed by atoms with Gasteiger partial charge in [-0.25, -0.2) is 13.4 Å². The maximum Gasteiger partial charge on any atom is 0.261 e. The Bertz CT molecular complexity index is 1690. The van der Waals surface area contributed by atoms with E-state index >= 15 is 0 Å². The molecule has 0 aliphatic heterocycles. The molecular formula is C27H21ClN4O4S2. The molecule has 0 bridgehead atoms. The molecule has 0 fully saturated rings. The van der Waals surface area contributed by atoms with Crippen molar-refractivity contribution < 1.29 is 17.9 Å². The molecule has 0 saturated carbocycles. The average Bonchev–Trinajstić information content (AvgIpc) is 3.39. The van der Waals surface area contributed by atoms with E-state index in [9.17, 15) is 13.2 Å². The number of aromatic nitrogens is 2. The fourth-order valence-electron chi connectivity index (χ4n) is 3.77. The summed E-state index contributed by atoms with van der Waals surface area (Å²) >= 11 is 7.70. The van der Waals surface area contributed by atoms with Crippen molar-refractivity contribution in [1.29, 1.82) is 0 Å². The van der Waals surface area contributed by atoms with Crippen molar-refractivity contribution >= 4 is 59.9 Å². The Morgan fingerprint density at radius 3 is 2.47 bits per heavy atom. The van der Waals surface area contributed by atoms with Crippen molar-refractivity contribution in [2.45, 2.75) is 11.4 Å². The predicted octanol–water partition coefficient (Wildman–Crippen LogP) is 6.00. The molecule has 0 atom stereocenters. The first-order valence-electron chi connectivity index (χ1n) is 11.4. The van der Waals surface area contributed by atoms with Gasteiger partial charge in [0.15, 0.2) is 5.13 Å². The molecular weight excluding hydrogens is 544 g/mol. The number of nitrogens with one attached hydrogen (secondary N) is 1. The molecule has 1 amide bonds. The second kappa shape index (κ2) is 10.8. The third-order valence-electron chi connectivity index (χ3n) is 5.64. The number of nitrogens with zero attached hydrogens (tertiary/aromatic N) is 3. The number of hydrogen-bond donors (Lipinski definition) is 1. The molecule has 2 heterocycles. The van der Waals surface area contributed by atoms with Gasteiger partial charge in [0.05, 0.1) is 28.3 Å². The summed E-state index contributed by atoms with van der Waals surface area (Å²) in [4.78, 5) is 24.3. The van der Waals surface area contributed by atoms with Crippen LogP contribution in [-0.4, -0.2) is 31.4 Å².